The van der Waals surface area contributed by atoms with Gasteiger partial charge in [-0.1, -0.05) is 0 Å². The summed E-state index contributed by atoms with van der Waals surface area (Å²) >= 11 is 0. The minimum atomic E-state index is -0.278. The Labute approximate surface area is 109 Å². The van der Waals surface area contributed by atoms with Gasteiger partial charge in [-0.3, -0.25) is 4.79 Å². The van der Waals surface area contributed by atoms with E-state index in [1.807, 2.05) is 19.1 Å². The van der Waals surface area contributed by atoms with Crippen LogP contribution in [0.4, 0.5) is 4.39 Å². The summed E-state index contributed by atoms with van der Waals surface area (Å²) in [5.41, 5.74) is 3.24. The molecule has 0 aliphatic heterocycles. The van der Waals surface area contributed by atoms with Crippen LogP contribution in [-0.4, -0.2) is 16.1 Å². The smallest absolute Gasteiger partial charge is 0.150 e. The fourth-order valence-electron chi connectivity index (χ4n) is 2.11. The maximum atomic E-state index is 12.9. The first-order valence-electron chi connectivity index (χ1n) is 5.88. The molecule has 0 N–H and O–H groups in total. The average Bonchev–Trinajstić information content (AvgIpc) is 2.81. The molecule has 1 aromatic heterocycles. The molecule has 0 atom stereocenters. The van der Waals surface area contributed by atoms with E-state index >= 15 is 0 Å². The van der Waals surface area contributed by atoms with Crippen LogP contribution in [0.3, 0.4) is 0 Å². The number of aryl methyl sites for hydroxylation is 1. The van der Waals surface area contributed by atoms with Gasteiger partial charge in [-0.2, -0.15) is 5.10 Å². The number of benzene rings is 2. The summed E-state index contributed by atoms with van der Waals surface area (Å²) in [6, 6.07) is 9.86. The van der Waals surface area contributed by atoms with E-state index in [4.69, 9.17) is 0 Å². The van der Waals surface area contributed by atoms with Gasteiger partial charge in [0.05, 0.1) is 17.4 Å². The lowest BCUT2D eigenvalue weighted by molar-refractivity contribution is 0.112. The standard InChI is InChI=1S/C15H11FN2O/c1-10-6-15-11(7-12(10)9-19)8-17-18(15)14-4-2-13(16)3-5-14/h2-9H,1H3. The zero-order valence-electron chi connectivity index (χ0n) is 10.3. The molecule has 0 bridgehead atoms. The van der Waals surface area contributed by atoms with E-state index in [2.05, 4.69) is 5.10 Å². The highest BCUT2D eigenvalue weighted by Crippen LogP contribution is 2.21. The maximum absolute atomic E-state index is 12.9. The van der Waals surface area contributed by atoms with Crippen LogP contribution in [0.2, 0.25) is 0 Å². The van der Waals surface area contributed by atoms with Gasteiger partial charge in [-0.25, -0.2) is 9.07 Å². The Morgan fingerprint density at radius 1 is 1.21 bits per heavy atom. The number of carbonyl (C=O) groups excluding carboxylic acids is 1. The normalized spacial score (nSPS) is 10.8. The van der Waals surface area contributed by atoms with Crippen LogP contribution in [-0.2, 0) is 0 Å². The van der Waals surface area contributed by atoms with Gasteiger partial charge in [0.2, 0.25) is 0 Å². The van der Waals surface area contributed by atoms with Crippen molar-refractivity contribution in [3.63, 3.8) is 0 Å². The largest absolute Gasteiger partial charge is 0.298 e. The van der Waals surface area contributed by atoms with Crippen molar-refractivity contribution in [1.29, 1.82) is 0 Å². The van der Waals surface area contributed by atoms with E-state index in [-0.39, 0.29) is 5.82 Å². The molecule has 0 amide bonds. The Morgan fingerprint density at radius 3 is 2.63 bits per heavy atom. The van der Waals surface area contributed by atoms with E-state index in [9.17, 15) is 9.18 Å². The summed E-state index contributed by atoms with van der Waals surface area (Å²) in [5, 5.41) is 5.18. The zero-order valence-corrected chi connectivity index (χ0v) is 10.3. The first-order valence-corrected chi connectivity index (χ1v) is 5.88. The van der Waals surface area contributed by atoms with Crippen LogP contribution in [0.5, 0.6) is 0 Å². The van der Waals surface area contributed by atoms with Crippen molar-refractivity contribution in [2.75, 3.05) is 0 Å². The molecule has 0 radical (unpaired) electrons. The summed E-state index contributed by atoms with van der Waals surface area (Å²) in [7, 11) is 0. The minimum absolute atomic E-state index is 0.278. The third-order valence-corrected chi connectivity index (χ3v) is 3.15. The molecule has 4 heteroatoms. The van der Waals surface area contributed by atoms with Crippen molar-refractivity contribution < 1.29 is 9.18 Å². The van der Waals surface area contributed by atoms with Crippen molar-refractivity contribution in [2.24, 2.45) is 0 Å². The molecule has 0 saturated carbocycles. The number of aromatic nitrogens is 2. The van der Waals surface area contributed by atoms with Crippen LogP contribution >= 0.6 is 0 Å². The maximum Gasteiger partial charge on any atom is 0.150 e. The SMILES string of the molecule is Cc1cc2c(cnn2-c2ccc(F)cc2)cc1C=O. The fourth-order valence-corrected chi connectivity index (χ4v) is 2.11. The highest BCUT2D eigenvalue weighted by molar-refractivity contribution is 5.89. The molecule has 3 nitrogen and oxygen atoms in total. The van der Waals surface area contributed by atoms with E-state index in [0.29, 0.717) is 5.56 Å². The highest BCUT2D eigenvalue weighted by Gasteiger charge is 2.08. The van der Waals surface area contributed by atoms with Crippen LogP contribution in [0.25, 0.3) is 16.6 Å². The van der Waals surface area contributed by atoms with Crippen molar-refractivity contribution in [2.45, 2.75) is 6.92 Å². The lowest BCUT2D eigenvalue weighted by atomic mass is 10.1. The van der Waals surface area contributed by atoms with Gasteiger partial charge in [-0.15, -0.1) is 0 Å². The van der Waals surface area contributed by atoms with E-state index in [1.54, 1.807) is 23.0 Å². The van der Waals surface area contributed by atoms with Gasteiger partial charge in [0, 0.05) is 10.9 Å². The van der Waals surface area contributed by atoms with Crippen molar-refractivity contribution in [3.8, 4) is 5.69 Å². The van der Waals surface area contributed by atoms with Gasteiger partial charge < -0.3 is 0 Å². The molecule has 0 unspecified atom stereocenters. The van der Waals surface area contributed by atoms with E-state index in [1.165, 1.54) is 12.1 Å². The molecule has 3 rings (SSSR count). The molecule has 0 aliphatic rings. The molecule has 0 spiro atoms. The van der Waals surface area contributed by atoms with Gasteiger partial charge in [-0.05, 0) is 48.9 Å². The Bertz CT molecular complexity index is 760. The van der Waals surface area contributed by atoms with Crippen LogP contribution < -0.4 is 0 Å². The number of hydrogen-bond donors (Lipinski definition) is 0. The topological polar surface area (TPSA) is 34.9 Å². The number of carbonyl (C=O) groups is 1. The molecular weight excluding hydrogens is 243 g/mol. The Kier molecular flexibility index (Phi) is 2.63. The summed E-state index contributed by atoms with van der Waals surface area (Å²) in [5.74, 6) is -0.278. The summed E-state index contributed by atoms with van der Waals surface area (Å²) in [4.78, 5) is 10.9. The Morgan fingerprint density at radius 2 is 1.95 bits per heavy atom. The Balaban J connectivity index is 2.22. The quantitative estimate of drug-likeness (QED) is 0.658. The number of aldehydes is 1. The predicted molar refractivity (Wildman–Crippen MR) is 71.2 cm³/mol. The minimum Gasteiger partial charge on any atom is -0.298 e. The van der Waals surface area contributed by atoms with Crippen LogP contribution in [0.15, 0.2) is 42.6 Å². The molecule has 3 aromatic rings. The van der Waals surface area contributed by atoms with Gasteiger partial charge in [0.1, 0.15) is 12.1 Å². The molecule has 0 fully saturated rings. The molecule has 2 aromatic carbocycles. The number of halogens is 1. The lowest BCUT2D eigenvalue weighted by Gasteiger charge is -2.05. The monoisotopic (exact) mass is 254 g/mol. The molecule has 94 valence electrons. The van der Waals surface area contributed by atoms with E-state index < -0.39 is 0 Å². The summed E-state index contributed by atoms with van der Waals surface area (Å²) in [6.45, 7) is 1.88. The van der Waals surface area contributed by atoms with E-state index in [0.717, 1.165) is 28.4 Å². The summed E-state index contributed by atoms with van der Waals surface area (Å²) < 4.78 is 14.7. The van der Waals surface area contributed by atoms with Crippen molar-refractivity contribution >= 4 is 17.2 Å². The third-order valence-electron chi connectivity index (χ3n) is 3.15. The van der Waals surface area contributed by atoms with Gasteiger partial charge >= 0.3 is 0 Å². The number of nitrogens with zero attached hydrogens (tertiary/aromatic N) is 2. The molecular formula is C15H11FN2O. The first-order chi connectivity index (χ1) is 9.19. The number of rotatable bonds is 2. The molecule has 0 saturated heterocycles. The molecule has 1 heterocycles. The second-order valence-corrected chi connectivity index (χ2v) is 4.42. The lowest BCUT2D eigenvalue weighted by Crippen LogP contribution is -1.96. The van der Waals surface area contributed by atoms with Gasteiger partial charge in [0.15, 0.2) is 0 Å². The molecule has 0 aliphatic carbocycles. The number of hydrogen-bond acceptors (Lipinski definition) is 2. The van der Waals surface area contributed by atoms with Gasteiger partial charge in [0.25, 0.3) is 0 Å². The first kappa shape index (κ1) is 11.6. The van der Waals surface area contributed by atoms with Crippen molar-refractivity contribution in [1.82, 2.24) is 9.78 Å². The number of fused-ring (bicyclic) bond motifs is 1. The summed E-state index contributed by atoms with van der Waals surface area (Å²) in [6.07, 6.45) is 2.54. The second kappa shape index (κ2) is 4.31. The Hall–Kier alpha value is -2.49. The molecule has 19 heavy (non-hydrogen) atoms. The third kappa shape index (κ3) is 1.91. The van der Waals surface area contributed by atoms with Crippen LogP contribution in [0, 0.1) is 12.7 Å². The zero-order chi connectivity index (χ0) is 13.4. The average molecular weight is 254 g/mol. The van der Waals surface area contributed by atoms with Crippen molar-refractivity contribution in [3.05, 3.63) is 59.5 Å². The predicted octanol–water partition coefficient (Wildman–Crippen LogP) is 3.29. The highest BCUT2D eigenvalue weighted by atomic mass is 19.1. The second-order valence-electron chi connectivity index (χ2n) is 4.42. The van der Waals surface area contributed by atoms with Crippen LogP contribution in [0.1, 0.15) is 15.9 Å². The fraction of sp³-hybridized carbons (Fsp3) is 0.0667.